The van der Waals surface area contributed by atoms with Gasteiger partial charge in [-0.2, -0.15) is 0 Å². The Hall–Kier alpha value is -1.12. The average molecular weight is 164 g/mol. The van der Waals surface area contributed by atoms with E-state index in [0.717, 1.165) is 5.56 Å². The van der Waals surface area contributed by atoms with E-state index in [2.05, 4.69) is 4.74 Å². The standard InChI is InChI=1S/C10H12O2/c1-12-10(11)8-7-9-5-3-2-4-6-9/h2-8,10-11H,1H3. The number of hydrogen-bond donors (Lipinski definition) is 1. The van der Waals surface area contributed by atoms with Crippen molar-refractivity contribution in [3.05, 3.63) is 42.0 Å². The van der Waals surface area contributed by atoms with Gasteiger partial charge in [-0.1, -0.05) is 36.4 Å². The summed E-state index contributed by atoms with van der Waals surface area (Å²) in [5.41, 5.74) is 1.05. The van der Waals surface area contributed by atoms with Crippen LogP contribution in [-0.2, 0) is 4.74 Å². The Balaban J connectivity index is 2.58. The van der Waals surface area contributed by atoms with Crippen molar-refractivity contribution in [2.45, 2.75) is 6.29 Å². The second kappa shape index (κ2) is 4.70. The summed E-state index contributed by atoms with van der Waals surface area (Å²) < 4.78 is 4.64. The molecule has 0 aliphatic carbocycles. The molecule has 0 bridgehead atoms. The van der Waals surface area contributed by atoms with Crippen LogP contribution in [0, 0.1) is 0 Å². The SMILES string of the molecule is COC(O)C=Cc1ccccc1. The molecule has 2 heteroatoms. The molecule has 1 rings (SSSR count). The van der Waals surface area contributed by atoms with Gasteiger partial charge in [0, 0.05) is 7.11 Å². The number of methoxy groups -OCH3 is 1. The molecule has 0 saturated heterocycles. The molecule has 0 spiro atoms. The Kier molecular flexibility index (Phi) is 3.51. The van der Waals surface area contributed by atoms with Crippen molar-refractivity contribution in [3.8, 4) is 0 Å². The highest BCUT2D eigenvalue weighted by Gasteiger charge is 1.91. The molecule has 2 nitrogen and oxygen atoms in total. The summed E-state index contributed by atoms with van der Waals surface area (Å²) >= 11 is 0. The molecule has 1 aromatic carbocycles. The summed E-state index contributed by atoms with van der Waals surface area (Å²) in [6.45, 7) is 0. The molecular weight excluding hydrogens is 152 g/mol. The number of hydrogen-bond acceptors (Lipinski definition) is 2. The molecule has 64 valence electrons. The van der Waals surface area contributed by atoms with E-state index >= 15 is 0 Å². The molecule has 1 unspecified atom stereocenters. The van der Waals surface area contributed by atoms with Crippen LogP contribution in [-0.4, -0.2) is 18.5 Å². The Morgan fingerprint density at radius 3 is 2.58 bits per heavy atom. The molecule has 1 aromatic rings. The zero-order chi connectivity index (χ0) is 8.81. The number of benzene rings is 1. The summed E-state index contributed by atoms with van der Waals surface area (Å²) in [4.78, 5) is 0. The van der Waals surface area contributed by atoms with Crippen molar-refractivity contribution in [2.75, 3.05) is 7.11 Å². The molecule has 0 aliphatic heterocycles. The van der Waals surface area contributed by atoms with Crippen LogP contribution in [0.4, 0.5) is 0 Å². The van der Waals surface area contributed by atoms with Gasteiger partial charge in [0.25, 0.3) is 0 Å². The normalized spacial score (nSPS) is 13.5. The van der Waals surface area contributed by atoms with Gasteiger partial charge in [0.05, 0.1) is 0 Å². The number of aliphatic hydroxyl groups is 1. The zero-order valence-corrected chi connectivity index (χ0v) is 6.97. The van der Waals surface area contributed by atoms with Crippen LogP contribution >= 0.6 is 0 Å². The van der Waals surface area contributed by atoms with Gasteiger partial charge in [-0.15, -0.1) is 0 Å². The predicted molar refractivity (Wildman–Crippen MR) is 48.5 cm³/mol. The van der Waals surface area contributed by atoms with Crippen LogP contribution < -0.4 is 0 Å². The molecular formula is C10H12O2. The second-order valence-corrected chi connectivity index (χ2v) is 2.40. The lowest BCUT2D eigenvalue weighted by Gasteiger charge is -2.00. The van der Waals surface area contributed by atoms with E-state index in [9.17, 15) is 0 Å². The molecule has 1 N–H and O–H groups in total. The third-order valence-electron chi connectivity index (χ3n) is 1.49. The molecule has 0 aliphatic rings. The first-order valence-corrected chi connectivity index (χ1v) is 3.77. The van der Waals surface area contributed by atoms with E-state index < -0.39 is 6.29 Å². The van der Waals surface area contributed by atoms with Gasteiger partial charge in [0.1, 0.15) is 0 Å². The predicted octanol–water partition coefficient (Wildman–Crippen LogP) is 1.66. The highest BCUT2D eigenvalue weighted by Crippen LogP contribution is 2.01. The first-order chi connectivity index (χ1) is 5.83. The summed E-state index contributed by atoms with van der Waals surface area (Å²) in [5, 5.41) is 9.01. The first-order valence-electron chi connectivity index (χ1n) is 3.77. The third kappa shape index (κ3) is 2.86. The van der Waals surface area contributed by atoms with Crippen LogP contribution in [0.2, 0.25) is 0 Å². The van der Waals surface area contributed by atoms with Crippen LogP contribution in [0.1, 0.15) is 5.56 Å². The highest BCUT2D eigenvalue weighted by molar-refractivity contribution is 5.48. The molecule has 0 saturated carbocycles. The fourth-order valence-electron chi connectivity index (χ4n) is 0.836. The smallest absolute Gasteiger partial charge is 0.174 e. The van der Waals surface area contributed by atoms with Crippen molar-refractivity contribution in [2.24, 2.45) is 0 Å². The van der Waals surface area contributed by atoms with E-state index in [4.69, 9.17) is 5.11 Å². The van der Waals surface area contributed by atoms with Gasteiger partial charge >= 0.3 is 0 Å². The lowest BCUT2D eigenvalue weighted by Crippen LogP contribution is -2.03. The lowest BCUT2D eigenvalue weighted by atomic mass is 10.2. The minimum absolute atomic E-state index is 0.815. The van der Waals surface area contributed by atoms with Crippen molar-refractivity contribution >= 4 is 6.08 Å². The van der Waals surface area contributed by atoms with E-state index in [1.165, 1.54) is 7.11 Å². The summed E-state index contributed by atoms with van der Waals surface area (Å²) in [7, 11) is 1.46. The second-order valence-electron chi connectivity index (χ2n) is 2.40. The van der Waals surface area contributed by atoms with Crippen molar-refractivity contribution in [1.82, 2.24) is 0 Å². The Morgan fingerprint density at radius 2 is 2.00 bits per heavy atom. The van der Waals surface area contributed by atoms with Crippen LogP contribution in [0.5, 0.6) is 0 Å². The summed E-state index contributed by atoms with van der Waals surface area (Å²) in [6.07, 6.45) is 2.59. The number of ether oxygens (including phenoxy) is 1. The molecule has 0 heterocycles. The zero-order valence-electron chi connectivity index (χ0n) is 6.97. The molecule has 0 amide bonds. The fraction of sp³-hybridized carbons (Fsp3) is 0.200. The van der Waals surface area contributed by atoms with Gasteiger partial charge in [-0.25, -0.2) is 0 Å². The molecule has 1 atom stereocenters. The Bertz CT molecular complexity index is 241. The van der Waals surface area contributed by atoms with E-state index in [1.54, 1.807) is 6.08 Å². The van der Waals surface area contributed by atoms with E-state index in [-0.39, 0.29) is 0 Å². The average Bonchev–Trinajstić information content (AvgIpc) is 2.16. The minimum Gasteiger partial charge on any atom is -0.365 e. The lowest BCUT2D eigenvalue weighted by molar-refractivity contribution is -0.0350. The summed E-state index contributed by atoms with van der Waals surface area (Å²) in [5.74, 6) is 0. The topological polar surface area (TPSA) is 29.5 Å². The Labute approximate surface area is 72.1 Å². The van der Waals surface area contributed by atoms with Gasteiger partial charge in [0.2, 0.25) is 0 Å². The van der Waals surface area contributed by atoms with Crippen LogP contribution in [0.3, 0.4) is 0 Å². The van der Waals surface area contributed by atoms with E-state index in [1.807, 2.05) is 36.4 Å². The van der Waals surface area contributed by atoms with Gasteiger partial charge in [-0.05, 0) is 11.6 Å². The largest absolute Gasteiger partial charge is 0.365 e. The monoisotopic (exact) mass is 164 g/mol. The number of rotatable bonds is 3. The van der Waals surface area contributed by atoms with Crippen molar-refractivity contribution in [1.29, 1.82) is 0 Å². The maximum Gasteiger partial charge on any atom is 0.174 e. The summed E-state index contributed by atoms with van der Waals surface area (Å²) in [6, 6.07) is 9.75. The fourth-order valence-corrected chi connectivity index (χ4v) is 0.836. The minimum atomic E-state index is -0.815. The maximum absolute atomic E-state index is 9.01. The maximum atomic E-state index is 9.01. The number of aliphatic hydroxyl groups excluding tert-OH is 1. The molecule has 12 heavy (non-hydrogen) atoms. The highest BCUT2D eigenvalue weighted by atomic mass is 16.6. The molecule has 0 aromatic heterocycles. The Morgan fingerprint density at radius 1 is 1.33 bits per heavy atom. The van der Waals surface area contributed by atoms with Crippen molar-refractivity contribution in [3.63, 3.8) is 0 Å². The van der Waals surface area contributed by atoms with Gasteiger partial charge in [-0.3, -0.25) is 0 Å². The molecule has 0 radical (unpaired) electrons. The van der Waals surface area contributed by atoms with Gasteiger partial charge < -0.3 is 9.84 Å². The van der Waals surface area contributed by atoms with Gasteiger partial charge in [0.15, 0.2) is 6.29 Å². The molecule has 0 fully saturated rings. The van der Waals surface area contributed by atoms with Crippen LogP contribution in [0.25, 0.3) is 6.08 Å². The quantitative estimate of drug-likeness (QED) is 0.688. The third-order valence-corrected chi connectivity index (χ3v) is 1.49. The van der Waals surface area contributed by atoms with Crippen LogP contribution in [0.15, 0.2) is 36.4 Å². The first kappa shape index (κ1) is 8.97. The van der Waals surface area contributed by atoms with Crippen molar-refractivity contribution < 1.29 is 9.84 Å². The van der Waals surface area contributed by atoms with E-state index in [0.29, 0.717) is 0 Å².